The highest BCUT2D eigenvalue weighted by atomic mass is 32.2. The molecule has 154 valence electrons. The number of esters is 1. The number of hydrogen-bond acceptors (Lipinski definition) is 6. The summed E-state index contributed by atoms with van der Waals surface area (Å²) in [7, 11) is -3.52. The monoisotopic (exact) mass is 441 g/mol. The number of aryl methyl sites for hydroxylation is 1. The van der Waals surface area contributed by atoms with Crippen molar-refractivity contribution in [2.24, 2.45) is 17.8 Å². The Bertz CT molecular complexity index is 816. The molecule has 2 bridgehead atoms. The summed E-state index contributed by atoms with van der Waals surface area (Å²) < 4.78 is 33.6. The highest BCUT2D eigenvalue weighted by molar-refractivity contribution is 8.21. The standard InChI is InChI=1S/C20H27NO4S3/c1-3-25-19(22)15-10-16-12-21(13-17(11-15)20(16)26-8-9-27-20)28(23,24)18-6-4-14(2)5-7-18/h4-7,15-17H,3,8-13H2,1-2H3. The Hall–Kier alpha value is -0.700. The number of benzene rings is 1. The fourth-order valence-electron chi connectivity index (χ4n) is 4.84. The van der Waals surface area contributed by atoms with Gasteiger partial charge in [0.05, 0.1) is 21.5 Å². The Morgan fingerprint density at radius 3 is 2.25 bits per heavy atom. The molecule has 3 aliphatic rings. The molecule has 28 heavy (non-hydrogen) atoms. The maximum atomic E-state index is 13.3. The number of sulfonamides is 1. The molecule has 1 aliphatic carbocycles. The van der Waals surface area contributed by atoms with Gasteiger partial charge in [-0.25, -0.2) is 8.42 Å². The summed E-state index contributed by atoms with van der Waals surface area (Å²) in [6, 6.07) is 7.09. The van der Waals surface area contributed by atoms with Crippen LogP contribution in [0.15, 0.2) is 29.2 Å². The van der Waals surface area contributed by atoms with Gasteiger partial charge in [-0.2, -0.15) is 4.31 Å². The minimum Gasteiger partial charge on any atom is -0.466 e. The van der Waals surface area contributed by atoms with Crippen LogP contribution in [0.2, 0.25) is 0 Å². The van der Waals surface area contributed by atoms with Crippen molar-refractivity contribution in [1.82, 2.24) is 4.31 Å². The van der Waals surface area contributed by atoms with Crippen molar-refractivity contribution in [3.8, 4) is 0 Å². The molecule has 2 heterocycles. The van der Waals surface area contributed by atoms with Crippen LogP contribution in [-0.4, -0.2) is 54.0 Å². The fraction of sp³-hybridized carbons (Fsp3) is 0.650. The number of carbonyl (C=O) groups excluding carboxylic acids is 1. The van der Waals surface area contributed by atoms with Crippen molar-refractivity contribution in [1.29, 1.82) is 0 Å². The van der Waals surface area contributed by atoms with E-state index in [1.165, 1.54) is 0 Å². The van der Waals surface area contributed by atoms with Gasteiger partial charge in [-0.05, 0) is 50.7 Å². The predicted octanol–water partition coefficient (Wildman–Crippen LogP) is 3.38. The third-order valence-electron chi connectivity index (χ3n) is 6.14. The first kappa shape index (κ1) is 20.6. The summed E-state index contributed by atoms with van der Waals surface area (Å²) in [4.78, 5) is 12.8. The van der Waals surface area contributed by atoms with Gasteiger partial charge in [0.2, 0.25) is 10.0 Å². The predicted molar refractivity (Wildman–Crippen MR) is 114 cm³/mol. The van der Waals surface area contributed by atoms with Crippen molar-refractivity contribution >= 4 is 39.5 Å². The van der Waals surface area contributed by atoms with Crippen LogP contribution < -0.4 is 0 Å². The smallest absolute Gasteiger partial charge is 0.308 e. The number of hydrogen-bond donors (Lipinski definition) is 0. The summed E-state index contributed by atoms with van der Waals surface area (Å²) in [6.45, 7) is 5.16. The van der Waals surface area contributed by atoms with E-state index in [2.05, 4.69) is 0 Å². The fourth-order valence-corrected chi connectivity index (χ4v) is 10.1. The Morgan fingerprint density at radius 2 is 1.71 bits per heavy atom. The van der Waals surface area contributed by atoms with Gasteiger partial charge in [0.25, 0.3) is 0 Å². The van der Waals surface area contributed by atoms with Crippen molar-refractivity contribution in [2.75, 3.05) is 31.2 Å². The third-order valence-corrected chi connectivity index (χ3v) is 12.0. The molecule has 3 fully saturated rings. The van der Waals surface area contributed by atoms with Gasteiger partial charge in [-0.1, -0.05) is 17.7 Å². The van der Waals surface area contributed by atoms with Crippen LogP contribution in [0.4, 0.5) is 0 Å². The third kappa shape index (κ3) is 3.50. The number of nitrogens with zero attached hydrogens (tertiary/aromatic N) is 1. The highest BCUT2D eigenvalue weighted by Crippen LogP contribution is 2.62. The van der Waals surface area contributed by atoms with Gasteiger partial charge in [0.15, 0.2) is 0 Å². The average Bonchev–Trinajstić information content (AvgIpc) is 3.11. The molecule has 0 radical (unpaired) electrons. The number of thioether (sulfide) groups is 2. The second kappa shape index (κ2) is 7.85. The van der Waals surface area contributed by atoms with Gasteiger partial charge in [-0.3, -0.25) is 4.79 Å². The molecule has 1 spiro atoms. The number of rotatable bonds is 4. The van der Waals surface area contributed by atoms with Crippen molar-refractivity contribution < 1.29 is 17.9 Å². The molecule has 1 aromatic rings. The van der Waals surface area contributed by atoms with E-state index in [4.69, 9.17) is 4.74 Å². The highest BCUT2D eigenvalue weighted by Gasteiger charge is 2.58. The molecule has 2 saturated heterocycles. The number of piperidine rings is 1. The number of carbonyl (C=O) groups is 1. The van der Waals surface area contributed by atoms with E-state index in [1.54, 1.807) is 16.4 Å². The van der Waals surface area contributed by atoms with Crippen LogP contribution >= 0.6 is 23.5 Å². The lowest BCUT2D eigenvalue weighted by Gasteiger charge is -2.54. The zero-order chi connectivity index (χ0) is 19.9. The summed E-state index contributed by atoms with van der Waals surface area (Å²) >= 11 is 3.97. The van der Waals surface area contributed by atoms with E-state index in [9.17, 15) is 13.2 Å². The zero-order valence-electron chi connectivity index (χ0n) is 16.3. The molecular formula is C20H27NO4S3. The first-order valence-corrected chi connectivity index (χ1v) is 13.3. The lowest BCUT2D eigenvalue weighted by atomic mass is 9.72. The maximum Gasteiger partial charge on any atom is 0.308 e. The molecule has 5 nitrogen and oxygen atoms in total. The minimum atomic E-state index is -3.52. The zero-order valence-corrected chi connectivity index (χ0v) is 18.7. The van der Waals surface area contributed by atoms with Crippen molar-refractivity contribution in [2.45, 2.75) is 35.7 Å². The van der Waals surface area contributed by atoms with Gasteiger partial charge >= 0.3 is 5.97 Å². The topological polar surface area (TPSA) is 63.7 Å². The van der Waals surface area contributed by atoms with Crippen molar-refractivity contribution in [3.63, 3.8) is 0 Å². The second-order valence-electron chi connectivity index (χ2n) is 7.87. The molecule has 1 aromatic carbocycles. The lowest BCUT2D eigenvalue weighted by molar-refractivity contribution is -0.151. The first-order valence-electron chi connectivity index (χ1n) is 9.88. The van der Waals surface area contributed by atoms with E-state index in [0.29, 0.717) is 24.6 Å². The molecule has 0 amide bonds. The summed E-state index contributed by atoms with van der Waals surface area (Å²) in [5.74, 6) is 2.33. The molecule has 0 aromatic heterocycles. The molecule has 1 saturated carbocycles. The SMILES string of the molecule is CCOC(=O)C1CC2CN(S(=O)(=O)c3ccc(C)cc3)CC(C1)C21SCCS1. The van der Waals surface area contributed by atoms with Crippen LogP contribution in [0, 0.1) is 24.7 Å². The molecular weight excluding hydrogens is 414 g/mol. The second-order valence-corrected chi connectivity index (χ2v) is 12.8. The van der Waals surface area contributed by atoms with E-state index in [-0.39, 0.29) is 27.8 Å². The molecule has 4 rings (SSSR count). The molecule has 2 unspecified atom stereocenters. The Labute approximate surface area is 176 Å². The van der Waals surface area contributed by atoms with Crippen LogP contribution in [-0.2, 0) is 19.6 Å². The van der Waals surface area contributed by atoms with Gasteiger partial charge in [-0.15, -0.1) is 23.5 Å². The van der Waals surface area contributed by atoms with Gasteiger partial charge in [0, 0.05) is 24.6 Å². The normalized spacial score (nSPS) is 29.7. The minimum absolute atomic E-state index is 0.0578. The quantitative estimate of drug-likeness (QED) is 0.668. The Morgan fingerprint density at radius 1 is 1.14 bits per heavy atom. The lowest BCUT2D eigenvalue weighted by Crippen LogP contribution is -2.59. The summed E-state index contributed by atoms with van der Waals surface area (Å²) in [6.07, 6.45) is 1.44. The largest absolute Gasteiger partial charge is 0.466 e. The Kier molecular flexibility index (Phi) is 5.77. The summed E-state index contributed by atoms with van der Waals surface area (Å²) in [5, 5.41) is 0. The first-order chi connectivity index (χ1) is 13.4. The van der Waals surface area contributed by atoms with E-state index < -0.39 is 10.0 Å². The van der Waals surface area contributed by atoms with Crippen LogP contribution in [0.25, 0.3) is 0 Å². The average molecular weight is 442 g/mol. The van der Waals surface area contributed by atoms with Crippen LogP contribution in [0.5, 0.6) is 0 Å². The Balaban J connectivity index is 1.61. The van der Waals surface area contributed by atoms with Gasteiger partial charge in [0.1, 0.15) is 0 Å². The van der Waals surface area contributed by atoms with E-state index >= 15 is 0 Å². The molecule has 2 aliphatic heterocycles. The van der Waals surface area contributed by atoms with Crippen LogP contribution in [0.3, 0.4) is 0 Å². The maximum absolute atomic E-state index is 13.3. The van der Waals surface area contributed by atoms with E-state index in [1.807, 2.05) is 49.5 Å². The van der Waals surface area contributed by atoms with Crippen molar-refractivity contribution in [3.05, 3.63) is 29.8 Å². The summed E-state index contributed by atoms with van der Waals surface area (Å²) in [5.41, 5.74) is 1.05. The van der Waals surface area contributed by atoms with Crippen LogP contribution in [0.1, 0.15) is 25.3 Å². The molecule has 2 atom stereocenters. The van der Waals surface area contributed by atoms with E-state index in [0.717, 1.165) is 29.9 Å². The number of ether oxygens (including phenoxy) is 1. The van der Waals surface area contributed by atoms with Gasteiger partial charge < -0.3 is 4.74 Å². The molecule has 0 N–H and O–H groups in total. The molecule has 8 heteroatoms.